The van der Waals surface area contributed by atoms with Gasteiger partial charge in [0.1, 0.15) is 5.75 Å². The van der Waals surface area contributed by atoms with Gasteiger partial charge in [0.05, 0.1) is 0 Å². The van der Waals surface area contributed by atoms with Gasteiger partial charge in [0.2, 0.25) is 0 Å². The van der Waals surface area contributed by atoms with Crippen molar-refractivity contribution in [3.05, 3.63) is 29.8 Å². The molecule has 0 unspecified atom stereocenters. The number of ether oxygens (including phenoxy) is 1. The zero-order chi connectivity index (χ0) is 16.6. The van der Waals surface area contributed by atoms with Gasteiger partial charge in [-0.2, -0.15) is 0 Å². The lowest BCUT2D eigenvalue weighted by Gasteiger charge is -2.19. The summed E-state index contributed by atoms with van der Waals surface area (Å²) in [5.41, 5.74) is 1.30. The number of carbonyl (C=O) groups excluding carboxylic acids is 1. The van der Waals surface area contributed by atoms with Crippen LogP contribution in [-0.2, 0) is 15.0 Å². The maximum absolute atomic E-state index is 11.6. The molecule has 0 heterocycles. The number of hydrogen-bond donors (Lipinski definition) is 2. The van der Waals surface area contributed by atoms with Crippen LogP contribution >= 0.6 is 0 Å². The van der Waals surface area contributed by atoms with Gasteiger partial charge in [-0.25, -0.2) is 0 Å². The van der Waals surface area contributed by atoms with E-state index >= 15 is 0 Å². The standard InChI is InChI=1S/C17H25NO4/c1-17(2,3)13-7-9-14(10-8-13)22-12-15(19)18-11-5-4-6-16(20)21/h7-10H,4-6,11-12H2,1-3H3,(H,18,19)(H,20,21). The number of amides is 1. The Morgan fingerprint density at radius 3 is 2.32 bits per heavy atom. The minimum Gasteiger partial charge on any atom is -0.484 e. The zero-order valence-electron chi connectivity index (χ0n) is 13.5. The highest BCUT2D eigenvalue weighted by atomic mass is 16.5. The smallest absolute Gasteiger partial charge is 0.303 e. The molecule has 1 aromatic rings. The molecular weight excluding hydrogens is 282 g/mol. The van der Waals surface area contributed by atoms with Gasteiger partial charge in [0, 0.05) is 13.0 Å². The number of carboxylic acids is 1. The van der Waals surface area contributed by atoms with E-state index in [1.165, 1.54) is 5.56 Å². The Hall–Kier alpha value is -2.04. The van der Waals surface area contributed by atoms with Crippen LogP contribution in [0.15, 0.2) is 24.3 Å². The number of aliphatic carboxylic acids is 1. The van der Waals surface area contributed by atoms with E-state index in [1.807, 2.05) is 24.3 Å². The van der Waals surface area contributed by atoms with Crippen molar-refractivity contribution in [2.45, 2.75) is 45.4 Å². The molecule has 1 aromatic carbocycles. The summed E-state index contributed by atoms with van der Waals surface area (Å²) in [5, 5.41) is 11.2. The van der Waals surface area contributed by atoms with E-state index in [1.54, 1.807) is 0 Å². The molecule has 0 fully saturated rings. The van der Waals surface area contributed by atoms with Crippen molar-refractivity contribution >= 4 is 11.9 Å². The van der Waals surface area contributed by atoms with Crippen LogP contribution in [-0.4, -0.2) is 30.1 Å². The van der Waals surface area contributed by atoms with Gasteiger partial charge in [0.25, 0.3) is 5.91 Å². The van der Waals surface area contributed by atoms with Crippen LogP contribution in [0.2, 0.25) is 0 Å². The lowest BCUT2D eigenvalue weighted by molar-refractivity contribution is -0.137. The van der Waals surface area contributed by atoms with E-state index in [9.17, 15) is 9.59 Å². The second kappa shape index (κ2) is 8.41. The first-order chi connectivity index (χ1) is 10.3. The van der Waals surface area contributed by atoms with Crippen molar-refractivity contribution in [2.75, 3.05) is 13.2 Å². The molecule has 0 radical (unpaired) electrons. The van der Waals surface area contributed by atoms with Gasteiger partial charge < -0.3 is 15.2 Å². The number of rotatable bonds is 8. The molecular formula is C17H25NO4. The molecule has 1 amide bonds. The molecule has 5 heteroatoms. The first kappa shape index (κ1) is 18.0. The Labute approximate surface area is 131 Å². The molecule has 0 aliphatic carbocycles. The fourth-order valence-corrected chi connectivity index (χ4v) is 1.88. The second-order valence-electron chi connectivity index (χ2n) is 6.26. The minimum absolute atomic E-state index is 0.0339. The SMILES string of the molecule is CC(C)(C)c1ccc(OCC(=O)NCCCCC(=O)O)cc1. The predicted octanol–water partition coefficient (Wildman–Crippen LogP) is 2.73. The minimum atomic E-state index is -0.812. The van der Waals surface area contributed by atoms with Crippen molar-refractivity contribution in [3.8, 4) is 5.75 Å². The summed E-state index contributed by atoms with van der Waals surface area (Å²) in [7, 11) is 0. The molecule has 0 aliphatic heterocycles. The number of carbonyl (C=O) groups is 2. The second-order valence-corrected chi connectivity index (χ2v) is 6.26. The summed E-state index contributed by atoms with van der Waals surface area (Å²) >= 11 is 0. The Morgan fingerprint density at radius 2 is 1.77 bits per heavy atom. The molecule has 122 valence electrons. The van der Waals surface area contributed by atoms with Crippen molar-refractivity contribution in [2.24, 2.45) is 0 Å². The van der Waals surface area contributed by atoms with Gasteiger partial charge in [0.15, 0.2) is 6.61 Å². The molecule has 0 aliphatic rings. The average molecular weight is 307 g/mol. The molecule has 0 saturated heterocycles. The van der Waals surface area contributed by atoms with Crippen molar-refractivity contribution < 1.29 is 19.4 Å². The van der Waals surface area contributed by atoms with Crippen molar-refractivity contribution in [1.82, 2.24) is 5.32 Å². The van der Waals surface area contributed by atoms with Crippen molar-refractivity contribution in [1.29, 1.82) is 0 Å². The van der Waals surface area contributed by atoms with Gasteiger partial charge >= 0.3 is 5.97 Å². The van der Waals surface area contributed by atoms with Gasteiger partial charge in [-0.1, -0.05) is 32.9 Å². The summed E-state index contributed by atoms with van der Waals surface area (Å²) < 4.78 is 5.42. The Kier molecular flexibility index (Phi) is 6.89. The Morgan fingerprint density at radius 1 is 1.14 bits per heavy atom. The van der Waals surface area contributed by atoms with Crippen LogP contribution in [0.4, 0.5) is 0 Å². The molecule has 0 atom stereocenters. The largest absolute Gasteiger partial charge is 0.484 e. The fraction of sp³-hybridized carbons (Fsp3) is 0.529. The summed E-state index contributed by atoms with van der Waals surface area (Å²) in [6.45, 7) is 6.86. The fourth-order valence-electron chi connectivity index (χ4n) is 1.88. The van der Waals surface area contributed by atoms with Crippen LogP contribution in [0, 0.1) is 0 Å². The summed E-state index contributed by atoms with van der Waals surface area (Å²) in [4.78, 5) is 21.9. The highest BCUT2D eigenvalue weighted by Crippen LogP contribution is 2.24. The van der Waals surface area contributed by atoms with Gasteiger partial charge in [-0.3, -0.25) is 9.59 Å². The molecule has 2 N–H and O–H groups in total. The van der Waals surface area contributed by atoms with E-state index in [0.717, 1.165) is 0 Å². The highest BCUT2D eigenvalue weighted by molar-refractivity contribution is 5.77. The Balaban J connectivity index is 2.25. The average Bonchev–Trinajstić information content (AvgIpc) is 2.44. The van der Waals surface area contributed by atoms with E-state index in [2.05, 4.69) is 26.1 Å². The summed E-state index contributed by atoms with van der Waals surface area (Å²) in [5.74, 6) is -0.349. The van der Waals surface area contributed by atoms with Crippen LogP contribution < -0.4 is 10.1 Å². The van der Waals surface area contributed by atoms with Crippen LogP contribution in [0.1, 0.15) is 45.6 Å². The normalized spacial score (nSPS) is 11.0. The lowest BCUT2D eigenvalue weighted by atomic mass is 9.87. The van der Waals surface area contributed by atoms with Crippen LogP contribution in [0.3, 0.4) is 0 Å². The van der Waals surface area contributed by atoms with Crippen LogP contribution in [0.25, 0.3) is 0 Å². The quantitative estimate of drug-likeness (QED) is 0.724. The number of nitrogens with one attached hydrogen (secondary N) is 1. The third-order valence-electron chi connectivity index (χ3n) is 3.23. The first-order valence-electron chi connectivity index (χ1n) is 7.51. The Bertz CT molecular complexity index is 488. The third kappa shape index (κ3) is 7.11. The van der Waals surface area contributed by atoms with Crippen molar-refractivity contribution in [3.63, 3.8) is 0 Å². The molecule has 0 bridgehead atoms. The lowest BCUT2D eigenvalue weighted by Crippen LogP contribution is -2.29. The molecule has 5 nitrogen and oxygen atoms in total. The summed E-state index contributed by atoms with van der Waals surface area (Å²) in [6, 6.07) is 7.72. The molecule has 0 saturated carbocycles. The number of hydrogen-bond acceptors (Lipinski definition) is 3. The molecule has 0 spiro atoms. The van der Waals surface area contributed by atoms with E-state index in [-0.39, 0.29) is 24.3 Å². The van der Waals surface area contributed by atoms with Gasteiger partial charge in [-0.15, -0.1) is 0 Å². The maximum Gasteiger partial charge on any atom is 0.303 e. The third-order valence-corrected chi connectivity index (χ3v) is 3.23. The first-order valence-corrected chi connectivity index (χ1v) is 7.51. The zero-order valence-corrected chi connectivity index (χ0v) is 13.5. The predicted molar refractivity (Wildman–Crippen MR) is 85.1 cm³/mol. The van der Waals surface area contributed by atoms with Gasteiger partial charge in [-0.05, 0) is 36.0 Å². The number of benzene rings is 1. The summed E-state index contributed by atoms with van der Waals surface area (Å²) in [6.07, 6.45) is 1.34. The molecule has 0 aromatic heterocycles. The number of carboxylic acid groups (broad SMARTS) is 1. The van der Waals surface area contributed by atoms with E-state index in [4.69, 9.17) is 9.84 Å². The molecule has 1 rings (SSSR count). The maximum atomic E-state index is 11.6. The monoisotopic (exact) mass is 307 g/mol. The number of unbranched alkanes of at least 4 members (excludes halogenated alkanes) is 1. The highest BCUT2D eigenvalue weighted by Gasteiger charge is 2.13. The molecule has 22 heavy (non-hydrogen) atoms. The topological polar surface area (TPSA) is 75.6 Å². The van der Waals surface area contributed by atoms with Crippen LogP contribution in [0.5, 0.6) is 5.75 Å². The van der Waals surface area contributed by atoms with E-state index in [0.29, 0.717) is 25.1 Å². The van der Waals surface area contributed by atoms with E-state index < -0.39 is 5.97 Å².